The molecule has 3 heterocycles. The third kappa shape index (κ3) is 4.15. The normalized spacial score (nSPS) is 17.5. The van der Waals surface area contributed by atoms with Crippen molar-refractivity contribution < 1.29 is 0 Å². The first kappa shape index (κ1) is 15.7. The van der Waals surface area contributed by atoms with Crippen molar-refractivity contribution in [3.63, 3.8) is 0 Å². The van der Waals surface area contributed by atoms with Crippen molar-refractivity contribution in [3.8, 4) is 0 Å². The molecule has 0 unspecified atom stereocenters. The molecule has 2 aromatic heterocycles. The fourth-order valence-electron chi connectivity index (χ4n) is 3.08. The van der Waals surface area contributed by atoms with Crippen LogP contribution in [-0.4, -0.2) is 41.0 Å². The van der Waals surface area contributed by atoms with Gasteiger partial charge in [0, 0.05) is 37.3 Å². The van der Waals surface area contributed by atoms with Crippen LogP contribution in [0.2, 0.25) is 0 Å². The van der Waals surface area contributed by atoms with Crippen molar-refractivity contribution in [2.45, 2.75) is 33.4 Å². The van der Waals surface area contributed by atoms with E-state index >= 15 is 0 Å². The monoisotopic (exact) mass is 315 g/mol. The number of aromatic nitrogens is 1. The molecule has 118 valence electrons. The SMILES string of the molecule is Cc1cnc(CN2CCCN(Cc3cccs3)CC2)c(C)c1. The van der Waals surface area contributed by atoms with Crippen LogP contribution >= 0.6 is 11.3 Å². The predicted octanol–water partition coefficient (Wildman–Crippen LogP) is 3.47. The summed E-state index contributed by atoms with van der Waals surface area (Å²) in [5.74, 6) is 0. The molecule has 2 aromatic rings. The van der Waals surface area contributed by atoms with Crippen LogP contribution < -0.4 is 0 Å². The van der Waals surface area contributed by atoms with Crippen LogP contribution in [0.4, 0.5) is 0 Å². The van der Waals surface area contributed by atoms with Gasteiger partial charge >= 0.3 is 0 Å². The quantitative estimate of drug-likeness (QED) is 0.861. The Hall–Kier alpha value is -1.23. The van der Waals surface area contributed by atoms with Gasteiger partial charge in [-0.25, -0.2) is 0 Å². The van der Waals surface area contributed by atoms with Gasteiger partial charge in [0.2, 0.25) is 0 Å². The van der Waals surface area contributed by atoms with Crippen LogP contribution in [0.15, 0.2) is 29.8 Å². The molecule has 0 saturated carbocycles. The number of hydrogen-bond donors (Lipinski definition) is 0. The van der Waals surface area contributed by atoms with Crippen molar-refractivity contribution in [2.75, 3.05) is 26.2 Å². The third-order valence-electron chi connectivity index (χ3n) is 4.34. The minimum absolute atomic E-state index is 0.985. The maximum atomic E-state index is 4.63. The van der Waals surface area contributed by atoms with Gasteiger partial charge in [0.15, 0.2) is 0 Å². The van der Waals surface area contributed by atoms with E-state index in [0.717, 1.165) is 26.2 Å². The Morgan fingerprint density at radius 2 is 1.86 bits per heavy atom. The number of nitrogens with zero attached hydrogens (tertiary/aromatic N) is 3. The zero-order valence-corrected chi connectivity index (χ0v) is 14.4. The van der Waals surface area contributed by atoms with Crippen LogP contribution in [0.3, 0.4) is 0 Å². The van der Waals surface area contributed by atoms with E-state index in [1.54, 1.807) is 0 Å². The van der Waals surface area contributed by atoms with Crippen LogP contribution in [0.5, 0.6) is 0 Å². The highest BCUT2D eigenvalue weighted by atomic mass is 32.1. The summed E-state index contributed by atoms with van der Waals surface area (Å²) in [6, 6.07) is 6.63. The largest absolute Gasteiger partial charge is 0.297 e. The first-order valence-electron chi connectivity index (χ1n) is 8.10. The van der Waals surface area contributed by atoms with Crippen LogP contribution in [-0.2, 0) is 13.1 Å². The van der Waals surface area contributed by atoms with Gasteiger partial charge in [-0.2, -0.15) is 0 Å². The summed E-state index contributed by atoms with van der Waals surface area (Å²) in [4.78, 5) is 11.2. The zero-order valence-electron chi connectivity index (χ0n) is 13.6. The third-order valence-corrected chi connectivity index (χ3v) is 5.20. The lowest BCUT2D eigenvalue weighted by Crippen LogP contribution is -2.30. The summed E-state index contributed by atoms with van der Waals surface area (Å²) in [7, 11) is 0. The molecular formula is C18H25N3S. The first-order valence-corrected chi connectivity index (χ1v) is 8.98. The lowest BCUT2D eigenvalue weighted by Gasteiger charge is -2.21. The smallest absolute Gasteiger partial charge is 0.0573 e. The minimum Gasteiger partial charge on any atom is -0.297 e. The van der Waals surface area contributed by atoms with Gasteiger partial charge in [0.05, 0.1) is 5.69 Å². The summed E-state index contributed by atoms with van der Waals surface area (Å²) in [5, 5.41) is 2.17. The summed E-state index contributed by atoms with van der Waals surface area (Å²) >= 11 is 1.86. The summed E-state index contributed by atoms with van der Waals surface area (Å²) < 4.78 is 0. The first-order chi connectivity index (χ1) is 10.7. The molecule has 0 bridgehead atoms. The second-order valence-electron chi connectivity index (χ2n) is 6.26. The van der Waals surface area contributed by atoms with E-state index in [4.69, 9.17) is 0 Å². The van der Waals surface area contributed by atoms with Gasteiger partial charge in [-0.15, -0.1) is 11.3 Å². The molecule has 0 amide bonds. The van der Waals surface area contributed by atoms with Crippen molar-refractivity contribution in [1.29, 1.82) is 0 Å². The predicted molar refractivity (Wildman–Crippen MR) is 93.2 cm³/mol. The van der Waals surface area contributed by atoms with Gasteiger partial charge in [0.25, 0.3) is 0 Å². The highest BCUT2D eigenvalue weighted by Crippen LogP contribution is 2.15. The lowest BCUT2D eigenvalue weighted by molar-refractivity contribution is 0.246. The molecule has 22 heavy (non-hydrogen) atoms. The van der Waals surface area contributed by atoms with E-state index in [2.05, 4.69) is 52.2 Å². The Kier molecular flexibility index (Phi) is 5.24. The van der Waals surface area contributed by atoms with E-state index in [9.17, 15) is 0 Å². The summed E-state index contributed by atoms with van der Waals surface area (Å²) in [5.41, 5.74) is 3.80. The number of hydrogen-bond acceptors (Lipinski definition) is 4. The van der Waals surface area contributed by atoms with Crippen molar-refractivity contribution >= 4 is 11.3 Å². The van der Waals surface area contributed by atoms with Crippen LogP contribution in [0, 0.1) is 13.8 Å². The number of pyridine rings is 1. The summed E-state index contributed by atoms with van der Waals surface area (Å²) in [6.45, 7) is 11.1. The highest BCUT2D eigenvalue weighted by Gasteiger charge is 2.16. The van der Waals surface area contributed by atoms with Crippen molar-refractivity contribution in [3.05, 3.63) is 51.5 Å². The van der Waals surface area contributed by atoms with Crippen LogP contribution in [0.1, 0.15) is 28.1 Å². The molecule has 0 atom stereocenters. The van der Waals surface area contributed by atoms with Crippen LogP contribution in [0.25, 0.3) is 0 Å². The Balaban J connectivity index is 1.56. The van der Waals surface area contributed by atoms with E-state index in [0.29, 0.717) is 0 Å². The highest BCUT2D eigenvalue weighted by molar-refractivity contribution is 7.09. The Bertz CT molecular complexity index is 594. The molecule has 1 saturated heterocycles. The maximum absolute atomic E-state index is 4.63. The van der Waals surface area contributed by atoms with Crippen molar-refractivity contribution in [1.82, 2.24) is 14.8 Å². The van der Waals surface area contributed by atoms with Gasteiger partial charge < -0.3 is 0 Å². The molecular weight excluding hydrogens is 290 g/mol. The van der Waals surface area contributed by atoms with E-state index < -0.39 is 0 Å². The molecule has 4 heteroatoms. The molecule has 0 N–H and O–H groups in total. The zero-order chi connectivity index (χ0) is 15.4. The molecule has 0 aromatic carbocycles. The molecule has 0 aliphatic carbocycles. The van der Waals surface area contributed by atoms with Crippen molar-refractivity contribution in [2.24, 2.45) is 0 Å². The Morgan fingerprint density at radius 3 is 2.55 bits per heavy atom. The van der Waals surface area contributed by atoms with Gasteiger partial charge in [-0.3, -0.25) is 14.8 Å². The topological polar surface area (TPSA) is 19.4 Å². The number of aryl methyl sites for hydroxylation is 2. The molecule has 0 radical (unpaired) electrons. The van der Waals surface area contributed by atoms with E-state index in [1.807, 2.05) is 17.5 Å². The Morgan fingerprint density at radius 1 is 1.09 bits per heavy atom. The molecule has 0 spiro atoms. The number of thiophene rings is 1. The minimum atomic E-state index is 0.985. The van der Waals surface area contributed by atoms with E-state index in [1.165, 1.54) is 41.2 Å². The molecule has 1 aliphatic heterocycles. The second-order valence-corrected chi connectivity index (χ2v) is 7.29. The number of rotatable bonds is 4. The molecule has 3 nitrogen and oxygen atoms in total. The second kappa shape index (κ2) is 7.36. The average Bonchev–Trinajstić information content (AvgIpc) is 2.90. The molecule has 3 rings (SSSR count). The molecule has 1 fully saturated rings. The molecule has 1 aliphatic rings. The van der Waals surface area contributed by atoms with Gasteiger partial charge in [-0.1, -0.05) is 12.1 Å². The Labute approximate surface area is 137 Å². The lowest BCUT2D eigenvalue weighted by atomic mass is 10.1. The maximum Gasteiger partial charge on any atom is 0.0573 e. The summed E-state index contributed by atoms with van der Waals surface area (Å²) in [6.07, 6.45) is 3.24. The standard InChI is InChI=1S/C18H25N3S/c1-15-11-16(2)18(19-12-15)14-21-7-4-6-20(8-9-21)13-17-5-3-10-22-17/h3,5,10-12H,4,6-9,13-14H2,1-2H3. The van der Waals surface area contributed by atoms with Gasteiger partial charge in [0.1, 0.15) is 0 Å². The average molecular weight is 315 g/mol. The van der Waals surface area contributed by atoms with E-state index in [-0.39, 0.29) is 0 Å². The fourth-order valence-corrected chi connectivity index (χ4v) is 3.83. The van der Waals surface area contributed by atoms with Gasteiger partial charge in [-0.05, 0) is 55.9 Å². The fraction of sp³-hybridized carbons (Fsp3) is 0.500.